The average molecular weight is 310 g/mol. The van der Waals surface area contributed by atoms with E-state index in [0.717, 1.165) is 0 Å². The predicted octanol–water partition coefficient (Wildman–Crippen LogP) is 5.15. The molecule has 2 nitrogen and oxygen atoms in total. The number of nitrogens with one attached hydrogen (secondary N) is 1. The summed E-state index contributed by atoms with van der Waals surface area (Å²) in [4.78, 5) is 12.6. The fourth-order valence-corrected chi connectivity index (χ4v) is 2.11. The number of para-hydroxylation sites is 1. The molecule has 0 aliphatic heterocycles. The Labute approximate surface area is 135 Å². The fourth-order valence-electron chi connectivity index (χ4n) is 2.00. The monoisotopic (exact) mass is 309 g/mol. The number of benzene rings is 2. The molecule has 2 rings (SSSR count). The minimum Gasteiger partial charge on any atom is -0.354 e. The van der Waals surface area contributed by atoms with Crippen LogP contribution in [0.1, 0.15) is 15.9 Å². The minimum atomic E-state index is -0.0539. The van der Waals surface area contributed by atoms with E-state index in [0.29, 0.717) is 27.5 Å². The van der Waals surface area contributed by atoms with Gasteiger partial charge in [0.25, 0.3) is 0 Å². The summed E-state index contributed by atoms with van der Waals surface area (Å²) in [5, 5.41) is 3.49. The second-order valence-electron chi connectivity index (χ2n) is 4.59. The molecule has 2 aromatic rings. The third-order valence-electron chi connectivity index (χ3n) is 3.05. The summed E-state index contributed by atoms with van der Waals surface area (Å²) in [5.74, 6) is -0.0539. The van der Waals surface area contributed by atoms with Crippen LogP contribution in [0.5, 0.6) is 0 Å². The van der Waals surface area contributed by atoms with Crippen LogP contribution in [0.15, 0.2) is 90.6 Å². The molecule has 0 aromatic heterocycles. The van der Waals surface area contributed by atoms with Gasteiger partial charge in [-0.15, -0.1) is 0 Å². The lowest BCUT2D eigenvalue weighted by Crippen LogP contribution is -2.08. The van der Waals surface area contributed by atoms with E-state index in [-0.39, 0.29) is 5.78 Å². The highest BCUT2D eigenvalue weighted by Crippen LogP contribution is 2.23. The van der Waals surface area contributed by atoms with Crippen molar-refractivity contribution in [3.8, 4) is 0 Å². The van der Waals surface area contributed by atoms with Gasteiger partial charge in [-0.2, -0.15) is 0 Å². The van der Waals surface area contributed by atoms with E-state index in [2.05, 4.69) is 18.5 Å². The number of allylic oxidation sites excluding steroid dienone is 3. The van der Waals surface area contributed by atoms with Crippen molar-refractivity contribution in [1.29, 1.82) is 0 Å². The molecule has 0 unspecified atom stereocenters. The standard InChI is InChI=1S/C19H16ClNO/c1-3-9-17(14(2)20)21-18-13-8-7-12-16(18)19(22)15-10-5-4-6-11-15/h3-13,21H,1-2H2/b17-9+. The van der Waals surface area contributed by atoms with Crippen molar-refractivity contribution >= 4 is 23.1 Å². The number of rotatable bonds is 6. The lowest BCUT2D eigenvalue weighted by Gasteiger charge is -2.13. The highest BCUT2D eigenvalue weighted by Gasteiger charge is 2.13. The Morgan fingerprint density at radius 3 is 2.32 bits per heavy atom. The molecule has 0 heterocycles. The highest BCUT2D eigenvalue weighted by molar-refractivity contribution is 6.32. The number of hydrogen-bond acceptors (Lipinski definition) is 2. The van der Waals surface area contributed by atoms with Crippen LogP contribution in [0.2, 0.25) is 0 Å². The molecule has 0 fully saturated rings. The van der Waals surface area contributed by atoms with Crippen molar-refractivity contribution in [1.82, 2.24) is 0 Å². The summed E-state index contributed by atoms with van der Waals surface area (Å²) in [5.41, 5.74) is 2.48. The second-order valence-corrected chi connectivity index (χ2v) is 5.04. The lowest BCUT2D eigenvalue weighted by molar-refractivity contribution is 0.103. The first-order valence-electron chi connectivity index (χ1n) is 6.76. The third-order valence-corrected chi connectivity index (χ3v) is 3.26. The molecule has 0 saturated heterocycles. The normalized spacial score (nSPS) is 10.9. The first-order chi connectivity index (χ1) is 10.6. The number of carbonyl (C=O) groups excluding carboxylic acids is 1. The molecule has 0 amide bonds. The van der Waals surface area contributed by atoms with E-state index in [4.69, 9.17) is 11.6 Å². The van der Waals surface area contributed by atoms with E-state index < -0.39 is 0 Å². The number of halogens is 1. The molecule has 0 aliphatic rings. The number of hydrogen-bond donors (Lipinski definition) is 1. The Morgan fingerprint density at radius 1 is 1.05 bits per heavy atom. The minimum absolute atomic E-state index is 0.0539. The molecule has 110 valence electrons. The zero-order valence-corrected chi connectivity index (χ0v) is 12.8. The number of ketones is 1. The summed E-state index contributed by atoms with van der Waals surface area (Å²) in [6.45, 7) is 7.35. The van der Waals surface area contributed by atoms with Gasteiger partial charge in [0.2, 0.25) is 0 Å². The maximum atomic E-state index is 12.6. The maximum Gasteiger partial charge on any atom is 0.195 e. The van der Waals surface area contributed by atoms with Gasteiger partial charge in [0.05, 0.1) is 10.7 Å². The molecule has 0 bridgehead atoms. The topological polar surface area (TPSA) is 29.1 Å². The van der Waals surface area contributed by atoms with Gasteiger partial charge in [-0.1, -0.05) is 73.3 Å². The molecule has 1 N–H and O–H groups in total. The molecule has 0 saturated carbocycles. The van der Waals surface area contributed by atoms with Gasteiger partial charge in [0, 0.05) is 16.8 Å². The average Bonchev–Trinajstić information content (AvgIpc) is 2.55. The molecular formula is C19H16ClNO. The van der Waals surface area contributed by atoms with Crippen LogP contribution in [-0.2, 0) is 0 Å². The van der Waals surface area contributed by atoms with Gasteiger partial charge in [-0.25, -0.2) is 0 Å². The Bertz CT molecular complexity index is 732. The van der Waals surface area contributed by atoms with Crippen molar-refractivity contribution in [3.63, 3.8) is 0 Å². The summed E-state index contributed by atoms with van der Waals surface area (Å²) < 4.78 is 0. The van der Waals surface area contributed by atoms with Crippen LogP contribution in [0.3, 0.4) is 0 Å². The van der Waals surface area contributed by atoms with Crippen molar-refractivity contribution in [2.24, 2.45) is 0 Å². The smallest absolute Gasteiger partial charge is 0.195 e. The molecule has 0 aliphatic carbocycles. The molecule has 3 heteroatoms. The van der Waals surface area contributed by atoms with Crippen molar-refractivity contribution < 1.29 is 4.79 Å². The van der Waals surface area contributed by atoms with Crippen LogP contribution >= 0.6 is 11.6 Å². The molecule has 0 spiro atoms. The zero-order chi connectivity index (χ0) is 15.9. The predicted molar refractivity (Wildman–Crippen MR) is 93.2 cm³/mol. The van der Waals surface area contributed by atoms with Crippen molar-refractivity contribution in [3.05, 3.63) is 102 Å². The van der Waals surface area contributed by atoms with Crippen LogP contribution in [0.4, 0.5) is 5.69 Å². The van der Waals surface area contributed by atoms with Crippen LogP contribution < -0.4 is 5.32 Å². The zero-order valence-electron chi connectivity index (χ0n) is 12.1. The van der Waals surface area contributed by atoms with Gasteiger partial charge >= 0.3 is 0 Å². The molecule has 22 heavy (non-hydrogen) atoms. The lowest BCUT2D eigenvalue weighted by atomic mass is 10.0. The Hall–Kier alpha value is -2.58. The van der Waals surface area contributed by atoms with Crippen LogP contribution in [0, 0.1) is 0 Å². The highest BCUT2D eigenvalue weighted by atomic mass is 35.5. The number of anilines is 1. The van der Waals surface area contributed by atoms with E-state index in [9.17, 15) is 4.79 Å². The summed E-state index contributed by atoms with van der Waals surface area (Å²) in [6, 6.07) is 16.4. The summed E-state index contributed by atoms with van der Waals surface area (Å²) >= 11 is 5.96. The third kappa shape index (κ3) is 3.74. The fraction of sp³-hybridized carbons (Fsp3) is 0. The Kier molecular flexibility index (Phi) is 5.34. The van der Waals surface area contributed by atoms with Crippen LogP contribution in [0.25, 0.3) is 0 Å². The summed E-state index contributed by atoms with van der Waals surface area (Å²) in [7, 11) is 0. The Balaban J connectivity index is 2.39. The van der Waals surface area contributed by atoms with Gasteiger partial charge in [0.1, 0.15) is 0 Å². The van der Waals surface area contributed by atoms with Gasteiger partial charge in [0.15, 0.2) is 5.78 Å². The van der Waals surface area contributed by atoms with E-state index in [1.807, 2.05) is 36.4 Å². The molecule has 2 aromatic carbocycles. The number of carbonyl (C=O) groups is 1. The maximum absolute atomic E-state index is 12.6. The first kappa shape index (κ1) is 15.8. The van der Waals surface area contributed by atoms with Crippen molar-refractivity contribution in [2.45, 2.75) is 0 Å². The van der Waals surface area contributed by atoms with E-state index in [1.165, 1.54) is 0 Å². The Morgan fingerprint density at radius 2 is 1.68 bits per heavy atom. The second kappa shape index (κ2) is 7.43. The molecular weight excluding hydrogens is 294 g/mol. The molecule has 0 radical (unpaired) electrons. The van der Waals surface area contributed by atoms with Gasteiger partial charge < -0.3 is 5.32 Å². The summed E-state index contributed by atoms with van der Waals surface area (Å²) in [6.07, 6.45) is 3.32. The van der Waals surface area contributed by atoms with E-state index in [1.54, 1.807) is 30.4 Å². The van der Waals surface area contributed by atoms with Crippen molar-refractivity contribution in [2.75, 3.05) is 5.32 Å². The SMILES string of the molecule is C=C/C=C(/Nc1ccccc1C(=O)c1ccccc1)C(=C)Cl. The first-order valence-corrected chi connectivity index (χ1v) is 7.14. The molecule has 0 atom stereocenters. The quantitative estimate of drug-likeness (QED) is 0.590. The van der Waals surface area contributed by atoms with Crippen LogP contribution in [-0.4, -0.2) is 5.78 Å². The largest absolute Gasteiger partial charge is 0.354 e. The van der Waals surface area contributed by atoms with E-state index >= 15 is 0 Å². The van der Waals surface area contributed by atoms with Gasteiger partial charge in [-0.3, -0.25) is 4.79 Å². The van der Waals surface area contributed by atoms with Gasteiger partial charge in [-0.05, 0) is 18.2 Å².